The highest BCUT2D eigenvalue weighted by Crippen LogP contribution is 2.11. The van der Waals surface area contributed by atoms with Gasteiger partial charge in [0.25, 0.3) is 0 Å². The van der Waals surface area contributed by atoms with Crippen LogP contribution < -0.4 is 5.32 Å². The molecule has 0 aromatic carbocycles. The second kappa shape index (κ2) is 5.00. The second-order valence-electron chi connectivity index (χ2n) is 3.02. The predicted octanol–water partition coefficient (Wildman–Crippen LogP) is 2.71. The zero-order valence-electron chi connectivity index (χ0n) is 8.23. The molecule has 0 aliphatic rings. The monoisotopic (exact) mass is 153 g/mol. The smallest absolute Gasteiger partial charge is 0.00751 e. The molecule has 0 saturated heterocycles. The topological polar surface area (TPSA) is 12.0 Å². The quantitative estimate of drug-likeness (QED) is 0.615. The van der Waals surface area contributed by atoms with Crippen LogP contribution in [0.15, 0.2) is 23.4 Å². The lowest BCUT2D eigenvalue weighted by Crippen LogP contribution is -2.03. The van der Waals surface area contributed by atoms with Crippen molar-refractivity contribution in [3.8, 4) is 0 Å². The zero-order chi connectivity index (χ0) is 8.85. The van der Waals surface area contributed by atoms with E-state index in [9.17, 15) is 0 Å². The van der Waals surface area contributed by atoms with Crippen molar-refractivity contribution in [2.75, 3.05) is 7.05 Å². The Morgan fingerprint density at radius 3 is 2.18 bits per heavy atom. The molecule has 0 heterocycles. The third-order valence-corrected chi connectivity index (χ3v) is 1.78. The molecule has 64 valence electrons. The molecule has 0 unspecified atom stereocenters. The van der Waals surface area contributed by atoms with E-state index in [0.717, 1.165) is 0 Å². The van der Waals surface area contributed by atoms with Crippen LogP contribution >= 0.6 is 0 Å². The molecule has 11 heavy (non-hydrogen) atoms. The summed E-state index contributed by atoms with van der Waals surface area (Å²) in [6.45, 7) is 8.56. The fourth-order valence-corrected chi connectivity index (χ4v) is 0.906. The first-order chi connectivity index (χ1) is 5.11. The third kappa shape index (κ3) is 3.87. The molecule has 0 aromatic heterocycles. The molecule has 0 amide bonds. The molecule has 0 fully saturated rings. The summed E-state index contributed by atoms with van der Waals surface area (Å²) in [4.78, 5) is 0. The van der Waals surface area contributed by atoms with Crippen LogP contribution in [0.2, 0.25) is 0 Å². The van der Waals surface area contributed by atoms with Crippen LogP contribution in [0.4, 0.5) is 0 Å². The van der Waals surface area contributed by atoms with Gasteiger partial charge in [-0.15, -0.1) is 0 Å². The van der Waals surface area contributed by atoms with Crippen LogP contribution in [0, 0.1) is 5.92 Å². The molecule has 1 N–H and O–H groups in total. The number of hydrogen-bond donors (Lipinski definition) is 1. The Labute approximate surface area is 70.2 Å². The van der Waals surface area contributed by atoms with Crippen LogP contribution in [-0.2, 0) is 0 Å². The van der Waals surface area contributed by atoms with E-state index >= 15 is 0 Å². The molecule has 0 spiro atoms. The minimum atomic E-state index is 0.614. The summed E-state index contributed by atoms with van der Waals surface area (Å²) < 4.78 is 0. The van der Waals surface area contributed by atoms with Gasteiger partial charge < -0.3 is 5.32 Å². The van der Waals surface area contributed by atoms with Crippen molar-refractivity contribution in [3.05, 3.63) is 23.4 Å². The molecule has 0 aromatic rings. The summed E-state index contributed by atoms with van der Waals surface area (Å²) in [5.74, 6) is 0.614. The zero-order valence-corrected chi connectivity index (χ0v) is 8.23. The SMILES string of the molecule is C/C=C(\C=C(\C)NC)C(C)C. The van der Waals surface area contributed by atoms with Crippen LogP contribution in [0.5, 0.6) is 0 Å². The van der Waals surface area contributed by atoms with Crippen molar-refractivity contribution in [2.24, 2.45) is 5.92 Å². The Balaban J connectivity index is 4.32. The molecule has 0 rings (SSSR count). The van der Waals surface area contributed by atoms with Gasteiger partial charge in [-0.25, -0.2) is 0 Å². The maximum absolute atomic E-state index is 3.10. The van der Waals surface area contributed by atoms with Crippen molar-refractivity contribution >= 4 is 0 Å². The van der Waals surface area contributed by atoms with E-state index in [-0.39, 0.29) is 0 Å². The normalized spacial score (nSPS) is 14.0. The van der Waals surface area contributed by atoms with Gasteiger partial charge in [0.2, 0.25) is 0 Å². The van der Waals surface area contributed by atoms with Crippen molar-refractivity contribution in [1.82, 2.24) is 5.32 Å². The van der Waals surface area contributed by atoms with Gasteiger partial charge in [-0.05, 0) is 31.4 Å². The fraction of sp³-hybridized carbons (Fsp3) is 0.600. The summed E-state index contributed by atoms with van der Waals surface area (Å²) in [5, 5.41) is 3.10. The summed E-state index contributed by atoms with van der Waals surface area (Å²) in [6, 6.07) is 0. The van der Waals surface area contributed by atoms with E-state index in [0.29, 0.717) is 5.92 Å². The summed E-state index contributed by atoms with van der Waals surface area (Å²) >= 11 is 0. The molecular weight excluding hydrogens is 134 g/mol. The van der Waals surface area contributed by atoms with Crippen molar-refractivity contribution < 1.29 is 0 Å². The first kappa shape index (κ1) is 10.3. The van der Waals surface area contributed by atoms with Gasteiger partial charge in [0, 0.05) is 12.7 Å². The maximum atomic E-state index is 3.10. The summed E-state index contributed by atoms with van der Waals surface area (Å²) in [6.07, 6.45) is 4.34. The van der Waals surface area contributed by atoms with Gasteiger partial charge in [-0.1, -0.05) is 19.9 Å². The molecule has 0 atom stereocenters. The van der Waals surface area contributed by atoms with Crippen molar-refractivity contribution in [2.45, 2.75) is 27.7 Å². The third-order valence-electron chi connectivity index (χ3n) is 1.78. The van der Waals surface area contributed by atoms with E-state index < -0.39 is 0 Å². The molecule has 0 saturated carbocycles. The predicted molar refractivity (Wildman–Crippen MR) is 51.4 cm³/mol. The largest absolute Gasteiger partial charge is 0.392 e. The summed E-state index contributed by atoms with van der Waals surface area (Å²) in [5.41, 5.74) is 2.60. The molecule has 0 bridgehead atoms. The van der Waals surface area contributed by atoms with Crippen LogP contribution in [0.25, 0.3) is 0 Å². The van der Waals surface area contributed by atoms with Gasteiger partial charge in [-0.2, -0.15) is 0 Å². The minimum Gasteiger partial charge on any atom is -0.392 e. The first-order valence-corrected chi connectivity index (χ1v) is 4.14. The second-order valence-corrected chi connectivity index (χ2v) is 3.02. The van der Waals surface area contributed by atoms with Gasteiger partial charge in [0.15, 0.2) is 0 Å². The lowest BCUT2D eigenvalue weighted by molar-refractivity contribution is 0.784. The van der Waals surface area contributed by atoms with Crippen LogP contribution in [-0.4, -0.2) is 7.05 Å². The van der Waals surface area contributed by atoms with E-state index in [4.69, 9.17) is 0 Å². The Bertz CT molecular complexity index is 164. The lowest BCUT2D eigenvalue weighted by Gasteiger charge is -2.07. The Morgan fingerprint density at radius 1 is 1.36 bits per heavy atom. The number of nitrogens with one attached hydrogen (secondary N) is 1. The van der Waals surface area contributed by atoms with Crippen LogP contribution in [0.1, 0.15) is 27.7 Å². The van der Waals surface area contributed by atoms with Gasteiger partial charge in [0.05, 0.1) is 0 Å². The fourth-order valence-electron chi connectivity index (χ4n) is 0.906. The molecule has 0 aliphatic heterocycles. The molecule has 0 radical (unpaired) electrons. The first-order valence-electron chi connectivity index (χ1n) is 4.14. The Kier molecular flexibility index (Phi) is 4.67. The summed E-state index contributed by atoms with van der Waals surface area (Å²) in [7, 11) is 1.94. The molecular formula is C10H19N. The highest BCUT2D eigenvalue weighted by molar-refractivity contribution is 5.22. The molecule has 0 aliphatic carbocycles. The van der Waals surface area contributed by atoms with Crippen molar-refractivity contribution in [3.63, 3.8) is 0 Å². The number of hydrogen-bond acceptors (Lipinski definition) is 1. The van der Waals surface area contributed by atoms with Gasteiger partial charge in [-0.3, -0.25) is 0 Å². The average Bonchev–Trinajstić information content (AvgIpc) is 1.99. The number of rotatable bonds is 3. The highest BCUT2D eigenvalue weighted by atomic mass is 14.8. The van der Waals surface area contributed by atoms with Gasteiger partial charge in [0.1, 0.15) is 0 Å². The van der Waals surface area contributed by atoms with E-state index in [1.54, 1.807) is 0 Å². The van der Waals surface area contributed by atoms with E-state index in [1.165, 1.54) is 11.3 Å². The maximum Gasteiger partial charge on any atom is 0.00751 e. The van der Waals surface area contributed by atoms with E-state index in [1.807, 2.05) is 7.05 Å². The van der Waals surface area contributed by atoms with Gasteiger partial charge >= 0.3 is 0 Å². The average molecular weight is 153 g/mol. The van der Waals surface area contributed by atoms with Crippen LogP contribution in [0.3, 0.4) is 0 Å². The Morgan fingerprint density at radius 2 is 1.91 bits per heavy atom. The molecule has 1 nitrogen and oxygen atoms in total. The highest BCUT2D eigenvalue weighted by Gasteiger charge is 1.97. The minimum absolute atomic E-state index is 0.614. The molecule has 1 heteroatoms. The number of allylic oxidation sites excluding steroid dienone is 4. The van der Waals surface area contributed by atoms with Crippen molar-refractivity contribution in [1.29, 1.82) is 0 Å². The Hall–Kier alpha value is -0.720. The standard InChI is InChI=1S/C10H19N/c1-6-10(8(2)3)7-9(4)11-5/h6-8,11H,1-5H3/b9-7-,10-6+. The van der Waals surface area contributed by atoms with E-state index in [2.05, 4.69) is 45.2 Å². The lowest BCUT2D eigenvalue weighted by atomic mass is 10.0.